The van der Waals surface area contributed by atoms with Gasteiger partial charge < -0.3 is 33.2 Å². The largest absolute Gasteiger partial charge is 0.491 e. The van der Waals surface area contributed by atoms with Crippen molar-refractivity contribution in [2.24, 2.45) is 5.92 Å². The number of esters is 2. The number of carbonyl (C=O) groups excluding carboxylic acids is 2. The molecule has 0 amide bonds. The molecule has 0 radical (unpaired) electrons. The van der Waals surface area contributed by atoms with Crippen LogP contribution in [0, 0.1) is 12.8 Å². The molecule has 9 nitrogen and oxygen atoms in total. The zero-order valence-corrected chi connectivity index (χ0v) is 36.3. The molecule has 0 fully saturated rings. The monoisotopic (exact) mass is 856 g/mol. The zero-order valence-electron chi connectivity index (χ0n) is 36.3. The summed E-state index contributed by atoms with van der Waals surface area (Å²) in [4.78, 5) is 25.0. The van der Waals surface area contributed by atoms with Crippen molar-refractivity contribution in [3.05, 3.63) is 202 Å². The molecule has 0 aliphatic heterocycles. The van der Waals surface area contributed by atoms with E-state index in [9.17, 15) is 9.59 Å². The molecule has 9 heteroatoms. The Hall–Kier alpha value is -6.52. The van der Waals surface area contributed by atoms with Crippen LogP contribution in [-0.4, -0.2) is 71.9 Å². The first-order valence-electron chi connectivity index (χ1n) is 21.9. The van der Waals surface area contributed by atoms with Crippen LogP contribution in [0.1, 0.15) is 62.4 Å². The average Bonchev–Trinajstić information content (AvgIpc) is 3.64. The fourth-order valence-corrected chi connectivity index (χ4v) is 10.2. The Balaban J connectivity index is 0.818. The maximum absolute atomic E-state index is 13.8. The van der Waals surface area contributed by atoms with Crippen molar-refractivity contribution in [2.45, 2.75) is 30.3 Å². The molecule has 0 spiro atoms. The van der Waals surface area contributed by atoms with Crippen molar-refractivity contribution in [1.29, 1.82) is 0 Å². The van der Waals surface area contributed by atoms with Gasteiger partial charge in [-0.05, 0) is 93.2 Å². The minimum atomic E-state index is -0.899. The summed E-state index contributed by atoms with van der Waals surface area (Å²) in [7, 11) is 1.70. The van der Waals surface area contributed by atoms with Crippen LogP contribution in [-0.2, 0) is 44.3 Å². The number of rotatable bonds is 19. The molecule has 0 saturated carbocycles. The highest BCUT2D eigenvalue weighted by atomic mass is 16.6. The number of hydrogen-bond donors (Lipinski definition) is 0. The Morgan fingerprint density at radius 1 is 0.594 bits per heavy atom. The summed E-state index contributed by atoms with van der Waals surface area (Å²) in [6.07, 6.45) is 1.76. The highest BCUT2D eigenvalue weighted by Gasteiger charge is 2.58. The number of carbonyl (C=O) groups is 2. The van der Waals surface area contributed by atoms with E-state index in [2.05, 4.69) is 123 Å². The Morgan fingerprint density at radius 2 is 1.11 bits per heavy atom. The topological polar surface area (TPSA) is 98.8 Å². The first kappa shape index (κ1) is 42.8. The summed E-state index contributed by atoms with van der Waals surface area (Å²) in [5, 5.41) is 0. The van der Waals surface area contributed by atoms with Gasteiger partial charge in [0.2, 0.25) is 0 Å². The second-order valence-electron chi connectivity index (χ2n) is 16.3. The van der Waals surface area contributed by atoms with Crippen LogP contribution in [0.3, 0.4) is 0 Å². The van der Waals surface area contributed by atoms with Gasteiger partial charge in [0.05, 0.1) is 37.8 Å². The predicted octanol–water partition coefficient (Wildman–Crippen LogP) is 9.48. The third-order valence-corrected chi connectivity index (χ3v) is 12.9. The van der Waals surface area contributed by atoms with Crippen LogP contribution >= 0.6 is 0 Å². The van der Waals surface area contributed by atoms with Crippen molar-refractivity contribution in [1.82, 2.24) is 0 Å². The minimum Gasteiger partial charge on any atom is -0.491 e. The van der Waals surface area contributed by atoms with Crippen LogP contribution in [0.5, 0.6) is 11.5 Å². The highest BCUT2D eigenvalue weighted by molar-refractivity contribution is 5.86. The fourth-order valence-electron chi connectivity index (χ4n) is 10.2. The minimum absolute atomic E-state index is 0.109. The molecule has 4 aliphatic rings. The van der Waals surface area contributed by atoms with Crippen molar-refractivity contribution >= 4 is 11.9 Å². The van der Waals surface area contributed by atoms with Gasteiger partial charge in [0.25, 0.3) is 0 Å². The lowest BCUT2D eigenvalue weighted by Crippen LogP contribution is -2.52. The summed E-state index contributed by atoms with van der Waals surface area (Å²) in [6.45, 7) is 7.72. The molecule has 0 N–H and O–H groups in total. The van der Waals surface area contributed by atoms with Gasteiger partial charge in [0, 0.05) is 19.1 Å². The molecule has 2 bridgehead atoms. The summed E-state index contributed by atoms with van der Waals surface area (Å²) in [6, 6.07) is 48.5. The molecule has 3 unspecified atom stereocenters. The maximum atomic E-state index is 13.8. The molecule has 10 rings (SSSR count). The standard InChI is InChI=1S/C55H52O9/c1-4-52(56)63-33-29-59-27-31-61-40-22-18-38(19-23-40)54(47-14-8-5-11-42(47)43-12-6-9-15-48(43)54)39-20-24-41(25-21-39)62-32-28-60-30-34-64-53(57)51-36-45-44-13-7-10-16-49(44)55(51,58-3)50-26-17-37(2)35-46(45)50/h4-26,35,45,51H,1,27-34,36H2,2-3H3. The van der Waals surface area contributed by atoms with E-state index in [0.29, 0.717) is 32.8 Å². The van der Waals surface area contributed by atoms with E-state index in [1.807, 2.05) is 30.3 Å². The molecule has 4 aliphatic carbocycles. The summed E-state index contributed by atoms with van der Waals surface area (Å²) in [5.41, 5.74) is 11.3. The van der Waals surface area contributed by atoms with E-state index >= 15 is 0 Å². The second kappa shape index (κ2) is 18.7. The van der Waals surface area contributed by atoms with Crippen LogP contribution in [0.25, 0.3) is 11.1 Å². The maximum Gasteiger partial charge on any atom is 0.330 e. The van der Waals surface area contributed by atoms with Gasteiger partial charge in [-0.1, -0.05) is 127 Å². The second-order valence-corrected chi connectivity index (χ2v) is 16.3. The lowest BCUT2D eigenvalue weighted by molar-refractivity contribution is -0.164. The summed E-state index contributed by atoms with van der Waals surface area (Å²) >= 11 is 0. The van der Waals surface area contributed by atoms with E-state index in [-0.39, 0.29) is 38.3 Å². The third-order valence-electron chi connectivity index (χ3n) is 12.9. The highest BCUT2D eigenvalue weighted by Crippen LogP contribution is 2.60. The number of aryl methyl sites for hydroxylation is 1. The van der Waals surface area contributed by atoms with E-state index in [0.717, 1.165) is 39.8 Å². The number of methoxy groups -OCH3 is 1. The van der Waals surface area contributed by atoms with Gasteiger partial charge in [0.15, 0.2) is 0 Å². The first-order chi connectivity index (χ1) is 31.4. The third kappa shape index (κ3) is 7.67. The van der Waals surface area contributed by atoms with Gasteiger partial charge in [-0.2, -0.15) is 0 Å². The molecule has 0 heterocycles. The number of benzene rings is 6. The molecule has 64 heavy (non-hydrogen) atoms. The van der Waals surface area contributed by atoms with Gasteiger partial charge in [0.1, 0.15) is 43.5 Å². The first-order valence-corrected chi connectivity index (χ1v) is 21.9. The fraction of sp³-hybridized carbons (Fsp3) is 0.273. The van der Waals surface area contributed by atoms with E-state index in [1.165, 1.54) is 38.9 Å². The number of ether oxygens (including phenoxy) is 7. The van der Waals surface area contributed by atoms with Gasteiger partial charge in [-0.3, -0.25) is 4.79 Å². The molecular formula is C55H52O9. The van der Waals surface area contributed by atoms with Crippen molar-refractivity contribution < 1.29 is 42.7 Å². The Kier molecular flexibility index (Phi) is 12.5. The zero-order chi connectivity index (χ0) is 44.1. The van der Waals surface area contributed by atoms with Crippen molar-refractivity contribution in [2.75, 3.05) is 60.0 Å². The SMILES string of the molecule is C=CC(=O)OCCOCCOc1ccc(C2(c3ccc(OCCOCCOC(=O)C4CC5c6ccccc6C4(OC)c4ccc(C)cc45)cc3)c3ccccc3-c3ccccc32)cc1. The molecule has 0 saturated heterocycles. The van der Waals surface area contributed by atoms with Crippen LogP contribution in [0.15, 0.2) is 152 Å². The Bertz CT molecular complexity index is 2590. The van der Waals surface area contributed by atoms with Crippen molar-refractivity contribution in [3.63, 3.8) is 0 Å². The quantitative estimate of drug-likeness (QED) is 0.0448. The molecule has 0 aromatic heterocycles. The van der Waals surface area contributed by atoms with Crippen LogP contribution in [0.4, 0.5) is 0 Å². The average molecular weight is 857 g/mol. The van der Waals surface area contributed by atoms with E-state index in [1.54, 1.807) is 7.11 Å². The molecule has 6 aromatic carbocycles. The molecular weight excluding hydrogens is 805 g/mol. The van der Waals surface area contributed by atoms with Gasteiger partial charge >= 0.3 is 11.9 Å². The van der Waals surface area contributed by atoms with Gasteiger partial charge in [-0.15, -0.1) is 0 Å². The lowest BCUT2D eigenvalue weighted by Gasteiger charge is -2.52. The predicted molar refractivity (Wildman–Crippen MR) is 244 cm³/mol. The Labute approximate surface area is 374 Å². The smallest absolute Gasteiger partial charge is 0.330 e. The van der Waals surface area contributed by atoms with Crippen molar-refractivity contribution in [3.8, 4) is 22.6 Å². The van der Waals surface area contributed by atoms with Gasteiger partial charge in [-0.25, -0.2) is 4.79 Å². The van der Waals surface area contributed by atoms with E-state index < -0.39 is 22.9 Å². The summed E-state index contributed by atoms with van der Waals surface area (Å²) < 4.78 is 40.8. The Morgan fingerprint density at radius 3 is 1.69 bits per heavy atom. The van der Waals surface area contributed by atoms with Crippen LogP contribution in [0.2, 0.25) is 0 Å². The van der Waals surface area contributed by atoms with Crippen LogP contribution < -0.4 is 9.47 Å². The summed E-state index contributed by atoms with van der Waals surface area (Å²) in [5.74, 6) is 0.355. The molecule has 6 aromatic rings. The van der Waals surface area contributed by atoms with E-state index in [4.69, 9.17) is 33.2 Å². The molecule has 326 valence electrons. The lowest BCUT2D eigenvalue weighted by atomic mass is 9.56. The number of hydrogen-bond acceptors (Lipinski definition) is 9. The number of fused-ring (bicyclic) bond motifs is 4. The molecule has 3 atom stereocenters. The normalized spacial score (nSPS) is 18.2.